The van der Waals surface area contributed by atoms with Gasteiger partial charge in [0.05, 0.1) is 12.1 Å². The highest BCUT2D eigenvalue weighted by Crippen LogP contribution is 2.35. The SMILES string of the molecule is CCCCCCCCC=CCCCCCCCC(=O)OC(=O)CCCCCCC/C=C\CCCCCCCC.CCOc1ccc2c(c1)C(C)=CC(C)(C)N2. The standard InChI is InChI=1S/C36H66O3.C14H19NO/c1-3-5-7-9-11-13-15-17-19-21-23-25-27-29-31-33-35(37)39-36(38)34-32-30-28-26-24-22-20-18-16-14-12-10-8-6-4-2;1-5-16-11-6-7-13-12(8-11)10(2)9-14(3,4)15-13/h17-20H,3-16,21-34H2,1-2H3;6-9,15H,5H2,1-4H3/b19-17-,20-18?;. The van der Waals surface area contributed by atoms with Crippen molar-refractivity contribution in [2.45, 2.75) is 227 Å². The van der Waals surface area contributed by atoms with Crippen molar-refractivity contribution in [1.29, 1.82) is 0 Å². The summed E-state index contributed by atoms with van der Waals surface area (Å²) in [6.07, 6.45) is 44.5. The Bertz CT molecular complexity index is 1150. The summed E-state index contributed by atoms with van der Waals surface area (Å²) in [6.45, 7) is 13.7. The summed E-state index contributed by atoms with van der Waals surface area (Å²) in [5, 5.41) is 3.50. The van der Waals surface area contributed by atoms with Gasteiger partial charge in [0.1, 0.15) is 5.75 Å². The van der Waals surface area contributed by atoms with Gasteiger partial charge < -0.3 is 14.8 Å². The molecule has 0 spiro atoms. The van der Waals surface area contributed by atoms with Gasteiger partial charge in [-0.2, -0.15) is 0 Å². The number of nitrogens with one attached hydrogen (secondary N) is 1. The lowest BCUT2D eigenvalue weighted by Gasteiger charge is -2.31. The third-order valence-electron chi connectivity index (χ3n) is 10.3. The van der Waals surface area contributed by atoms with Crippen LogP contribution in [0.5, 0.6) is 5.75 Å². The molecular weight excluding hydrogens is 679 g/mol. The highest BCUT2D eigenvalue weighted by Gasteiger charge is 2.22. The molecule has 314 valence electrons. The fourth-order valence-electron chi connectivity index (χ4n) is 7.13. The lowest BCUT2D eigenvalue weighted by atomic mass is 9.91. The molecule has 0 bridgehead atoms. The van der Waals surface area contributed by atoms with Crippen molar-refractivity contribution in [3.63, 3.8) is 0 Å². The highest BCUT2D eigenvalue weighted by atomic mass is 16.6. The second-order valence-electron chi connectivity index (χ2n) is 16.3. The van der Waals surface area contributed by atoms with Crippen LogP contribution in [0.25, 0.3) is 5.57 Å². The number of esters is 2. The minimum absolute atomic E-state index is 0.0320. The van der Waals surface area contributed by atoms with Crippen LogP contribution in [0, 0.1) is 0 Å². The van der Waals surface area contributed by atoms with Crippen molar-refractivity contribution in [3.8, 4) is 5.75 Å². The fourth-order valence-corrected chi connectivity index (χ4v) is 7.13. The number of hydrogen-bond acceptors (Lipinski definition) is 5. The van der Waals surface area contributed by atoms with Gasteiger partial charge >= 0.3 is 11.9 Å². The second-order valence-corrected chi connectivity index (χ2v) is 16.3. The molecule has 0 saturated heterocycles. The summed E-state index contributed by atoms with van der Waals surface area (Å²) in [6, 6.07) is 6.22. The molecule has 55 heavy (non-hydrogen) atoms. The number of benzene rings is 1. The van der Waals surface area contributed by atoms with Gasteiger partial charge in [0.2, 0.25) is 0 Å². The van der Waals surface area contributed by atoms with Gasteiger partial charge in [0.25, 0.3) is 0 Å². The molecule has 1 aliphatic heterocycles. The molecule has 1 aromatic carbocycles. The third-order valence-corrected chi connectivity index (χ3v) is 10.3. The minimum Gasteiger partial charge on any atom is -0.494 e. The van der Waals surface area contributed by atoms with Gasteiger partial charge in [-0.05, 0) is 116 Å². The quantitative estimate of drug-likeness (QED) is 0.0343. The summed E-state index contributed by atoms with van der Waals surface area (Å²) in [7, 11) is 0. The van der Waals surface area contributed by atoms with Crippen molar-refractivity contribution in [2.75, 3.05) is 11.9 Å². The van der Waals surface area contributed by atoms with Crippen molar-refractivity contribution in [3.05, 3.63) is 54.1 Å². The molecule has 2 rings (SSSR count). The van der Waals surface area contributed by atoms with Crippen LogP contribution in [0.4, 0.5) is 5.69 Å². The number of anilines is 1. The van der Waals surface area contributed by atoms with Gasteiger partial charge in [-0.3, -0.25) is 9.59 Å². The highest BCUT2D eigenvalue weighted by molar-refractivity contribution is 5.85. The van der Waals surface area contributed by atoms with Gasteiger partial charge in [-0.15, -0.1) is 0 Å². The molecule has 1 heterocycles. The molecule has 0 amide bonds. The van der Waals surface area contributed by atoms with Crippen LogP contribution in [-0.2, 0) is 14.3 Å². The summed E-state index contributed by atoms with van der Waals surface area (Å²) in [4.78, 5) is 23.8. The molecule has 0 aromatic heterocycles. The van der Waals surface area contributed by atoms with E-state index < -0.39 is 0 Å². The Kier molecular flexibility index (Phi) is 31.4. The lowest BCUT2D eigenvalue weighted by Crippen LogP contribution is -2.31. The normalized spacial score (nSPS) is 13.2. The first-order chi connectivity index (χ1) is 26.7. The number of fused-ring (bicyclic) bond motifs is 1. The number of rotatable bonds is 32. The first kappa shape index (κ1) is 50.2. The van der Waals surface area contributed by atoms with Crippen LogP contribution in [0.1, 0.15) is 227 Å². The summed E-state index contributed by atoms with van der Waals surface area (Å²) >= 11 is 0. The monoisotopic (exact) mass is 764 g/mol. The second kappa shape index (κ2) is 34.4. The summed E-state index contributed by atoms with van der Waals surface area (Å²) in [5.74, 6) is 0.256. The van der Waals surface area contributed by atoms with E-state index in [0.29, 0.717) is 19.4 Å². The zero-order valence-corrected chi connectivity index (χ0v) is 36.8. The number of unbranched alkanes of at least 4 members (excludes halogenated alkanes) is 22. The van der Waals surface area contributed by atoms with E-state index in [4.69, 9.17) is 9.47 Å². The predicted molar refractivity (Wildman–Crippen MR) is 239 cm³/mol. The van der Waals surface area contributed by atoms with Gasteiger partial charge in [-0.25, -0.2) is 0 Å². The number of allylic oxidation sites excluding steroid dienone is 5. The van der Waals surface area contributed by atoms with Crippen molar-refractivity contribution >= 4 is 23.2 Å². The molecular formula is C50H85NO4. The Morgan fingerprint density at radius 1 is 0.582 bits per heavy atom. The van der Waals surface area contributed by atoms with E-state index in [1.165, 1.54) is 145 Å². The summed E-state index contributed by atoms with van der Waals surface area (Å²) in [5.41, 5.74) is 3.77. The molecule has 1 aliphatic rings. The first-order valence-corrected chi connectivity index (χ1v) is 23.0. The molecule has 0 fully saturated rings. The summed E-state index contributed by atoms with van der Waals surface area (Å²) < 4.78 is 10.5. The van der Waals surface area contributed by atoms with Crippen LogP contribution in [-0.4, -0.2) is 24.1 Å². The predicted octanol–water partition coefficient (Wildman–Crippen LogP) is 15.8. The molecule has 1 aromatic rings. The average Bonchev–Trinajstić information content (AvgIpc) is 3.15. The fraction of sp³-hybridized carbons (Fsp3) is 0.720. The van der Waals surface area contributed by atoms with E-state index in [1.54, 1.807) is 0 Å². The van der Waals surface area contributed by atoms with Gasteiger partial charge in [0.15, 0.2) is 0 Å². The third kappa shape index (κ3) is 29.1. The van der Waals surface area contributed by atoms with Crippen LogP contribution >= 0.6 is 0 Å². The number of ether oxygens (including phenoxy) is 2. The average molecular weight is 764 g/mol. The zero-order valence-electron chi connectivity index (χ0n) is 36.8. The first-order valence-electron chi connectivity index (χ1n) is 23.0. The molecule has 0 radical (unpaired) electrons. The molecule has 1 N–H and O–H groups in total. The van der Waals surface area contributed by atoms with Crippen LogP contribution in [0.2, 0.25) is 0 Å². The lowest BCUT2D eigenvalue weighted by molar-refractivity contribution is -0.159. The Morgan fingerprint density at radius 3 is 1.40 bits per heavy atom. The number of carbonyl (C=O) groups excluding carboxylic acids is 2. The Hall–Kier alpha value is -2.82. The Balaban J connectivity index is 0.000000773. The van der Waals surface area contributed by atoms with Crippen LogP contribution in [0.3, 0.4) is 0 Å². The maximum absolute atomic E-state index is 11.9. The molecule has 5 nitrogen and oxygen atoms in total. The molecule has 0 aliphatic carbocycles. The smallest absolute Gasteiger partial charge is 0.313 e. The number of carbonyl (C=O) groups is 2. The molecule has 0 unspecified atom stereocenters. The van der Waals surface area contributed by atoms with E-state index in [0.717, 1.165) is 44.3 Å². The Morgan fingerprint density at radius 2 is 0.982 bits per heavy atom. The van der Waals surface area contributed by atoms with Gasteiger partial charge in [-0.1, -0.05) is 147 Å². The van der Waals surface area contributed by atoms with E-state index in [-0.39, 0.29) is 17.5 Å². The zero-order chi connectivity index (χ0) is 40.2. The van der Waals surface area contributed by atoms with Gasteiger partial charge in [0, 0.05) is 24.1 Å². The van der Waals surface area contributed by atoms with Crippen molar-refractivity contribution < 1.29 is 19.1 Å². The van der Waals surface area contributed by atoms with E-state index in [1.807, 2.05) is 13.0 Å². The van der Waals surface area contributed by atoms with E-state index in [2.05, 4.69) is 82.4 Å². The molecule has 5 heteroatoms. The minimum atomic E-state index is -0.342. The topological polar surface area (TPSA) is 64.6 Å². The molecule has 0 atom stereocenters. The maximum Gasteiger partial charge on any atom is 0.313 e. The molecule has 0 saturated carbocycles. The van der Waals surface area contributed by atoms with Crippen LogP contribution in [0.15, 0.2) is 48.6 Å². The van der Waals surface area contributed by atoms with Crippen molar-refractivity contribution in [1.82, 2.24) is 0 Å². The van der Waals surface area contributed by atoms with E-state index in [9.17, 15) is 9.59 Å². The largest absolute Gasteiger partial charge is 0.494 e. The van der Waals surface area contributed by atoms with Crippen LogP contribution < -0.4 is 10.1 Å². The van der Waals surface area contributed by atoms with E-state index >= 15 is 0 Å². The maximum atomic E-state index is 11.9. The number of hydrogen-bond donors (Lipinski definition) is 1. The Labute approximate surface area is 340 Å². The van der Waals surface area contributed by atoms with Crippen molar-refractivity contribution in [2.24, 2.45) is 0 Å².